The molecule has 3 aromatic rings. The van der Waals surface area contributed by atoms with Crippen molar-refractivity contribution in [2.24, 2.45) is 0 Å². The zero-order valence-electron chi connectivity index (χ0n) is 26.4. The van der Waals surface area contributed by atoms with Crippen LogP contribution >= 0.6 is 15.9 Å². The molecule has 7 nitrogen and oxygen atoms in total. The maximum atomic E-state index is 13.4. The van der Waals surface area contributed by atoms with Gasteiger partial charge in [-0.15, -0.1) is 0 Å². The molecule has 42 heavy (non-hydrogen) atoms. The summed E-state index contributed by atoms with van der Waals surface area (Å²) in [5.74, 6) is 0.452. The number of ether oxygens (including phenoxy) is 2. The van der Waals surface area contributed by atoms with E-state index in [1.807, 2.05) is 6.92 Å². The molecule has 5 heterocycles. The Labute approximate surface area is 257 Å². The first kappa shape index (κ1) is 30.3. The first-order valence-electron chi connectivity index (χ1n) is 15.1. The normalized spacial score (nSPS) is 15.6. The Bertz CT molecular complexity index is 1730. The Hall–Kier alpha value is -3.13. The van der Waals surface area contributed by atoms with Gasteiger partial charge in [-0.2, -0.15) is 0 Å². The number of nitrogens with one attached hydrogen (secondary N) is 2. The number of H-pyrrole nitrogens is 2. The predicted molar refractivity (Wildman–Crippen MR) is 173 cm³/mol. The van der Waals surface area contributed by atoms with Gasteiger partial charge in [-0.3, -0.25) is 9.97 Å². The molecule has 0 aromatic carbocycles. The van der Waals surface area contributed by atoms with Crippen molar-refractivity contribution >= 4 is 44.0 Å². The Morgan fingerprint density at radius 3 is 1.90 bits per heavy atom. The topological polar surface area (TPSA) is 92.9 Å². The van der Waals surface area contributed by atoms with E-state index in [1.165, 1.54) is 11.1 Å². The number of fused-ring (bicyclic) bond motifs is 8. The molecule has 2 aliphatic heterocycles. The van der Waals surface area contributed by atoms with Crippen LogP contribution in [0, 0.1) is 0 Å². The fraction of sp³-hybridized carbons (Fsp3) is 0.500. The Kier molecular flexibility index (Phi) is 8.07. The molecule has 8 bridgehead atoms. The number of esters is 1. The van der Waals surface area contributed by atoms with Gasteiger partial charge in [-0.25, -0.2) is 4.79 Å². The van der Waals surface area contributed by atoms with Crippen LogP contribution in [0.15, 0.2) is 16.6 Å². The number of nitrogens with zero attached hydrogens (tertiary/aromatic N) is 2. The summed E-state index contributed by atoms with van der Waals surface area (Å²) in [7, 11) is 1.73. The van der Waals surface area contributed by atoms with E-state index >= 15 is 0 Å². The number of aryl methyl sites for hydroxylation is 3. The lowest BCUT2D eigenvalue weighted by Crippen LogP contribution is -2.15. The third kappa shape index (κ3) is 4.95. The molecule has 0 fully saturated rings. The molecule has 224 valence electrons. The van der Waals surface area contributed by atoms with E-state index in [-0.39, 0.29) is 16.8 Å². The SMILES string of the molecule is CCOC(=O)c1c(CC)c2cc3nc(c(OC)c4[nH]c(cc5nc(c(Br)c1[nH]2)CC5(C)C)c(CC)c4CC)CC3(C)C. The Balaban J connectivity index is 2.05. The highest BCUT2D eigenvalue weighted by Gasteiger charge is 2.34. The zero-order chi connectivity index (χ0) is 30.6. The molecule has 3 aromatic heterocycles. The van der Waals surface area contributed by atoms with Crippen molar-refractivity contribution in [1.29, 1.82) is 0 Å². The second kappa shape index (κ2) is 11.2. The minimum Gasteiger partial charge on any atom is -0.493 e. The van der Waals surface area contributed by atoms with E-state index in [0.717, 1.165) is 80.8 Å². The minimum absolute atomic E-state index is 0.207. The van der Waals surface area contributed by atoms with Crippen LogP contribution in [0.25, 0.3) is 22.1 Å². The van der Waals surface area contributed by atoms with Gasteiger partial charge in [0, 0.05) is 46.1 Å². The van der Waals surface area contributed by atoms with Crippen molar-refractivity contribution < 1.29 is 14.3 Å². The summed E-state index contributed by atoms with van der Waals surface area (Å²) < 4.78 is 12.5. The second-order valence-corrected chi connectivity index (χ2v) is 13.4. The van der Waals surface area contributed by atoms with E-state index in [1.54, 1.807) is 7.11 Å². The number of halogens is 1. The highest BCUT2D eigenvalue weighted by atomic mass is 79.9. The fourth-order valence-electron chi connectivity index (χ4n) is 6.54. The summed E-state index contributed by atoms with van der Waals surface area (Å²) >= 11 is 3.88. The molecule has 0 radical (unpaired) electrons. The summed E-state index contributed by atoms with van der Waals surface area (Å²) in [4.78, 5) is 31.1. The number of hydrogen-bond acceptors (Lipinski definition) is 5. The molecule has 2 aliphatic rings. The molecule has 2 N–H and O–H groups in total. The maximum absolute atomic E-state index is 13.4. The standard InChI is InChI=1S/C34H43BrN4O3/c1-10-18-19(11-2)29-31(41-9)24-17-34(7,8)26(37-24)15-22-20(12-3)27(32(40)42-13-4)30(39-22)28(35)23-16-33(5,6)25(36-23)14-21(18)38-29/h14-15,38-39H,10-13,16-17H2,1-9H3. The largest absolute Gasteiger partial charge is 0.493 e. The minimum atomic E-state index is -0.336. The van der Waals surface area contributed by atoms with Crippen LogP contribution in [0.5, 0.6) is 5.75 Å². The molecule has 5 rings (SSSR count). The van der Waals surface area contributed by atoms with Crippen LogP contribution in [-0.2, 0) is 47.7 Å². The highest BCUT2D eigenvalue weighted by molar-refractivity contribution is 9.10. The van der Waals surface area contributed by atoms with Crippen molar-refractivity contribution in [2.75, 3.05) is 13.7 Å². The number of rotatable bonds is 6. The average Bonchev–Trinajstić information content (AvgIpc) is 3.64. The number of hydrogen-bond donors (Lipinski definition) is 2. The van der Waals surface area contributed by atoms with Gasteiger partial charge in [0.05, 0.1) is 46.2 Å². The number of aromatic nitrogens is 4. The molecule has 8 heteroatoms. The van der Waals surface area contributed by atoms with Gasteiger partial charge < -0.3 is 19.4 Å². The van der Waals surface area contributed by atoms with Crippen molar-refractivity contribution in [2.45, 2.75) is 98.3 Å². The van der Waals surface area contributed by atoms with E-state index < -0.39 is 0 Å². The van der Waals surface area contributed by atoms with Crippen LogP contribution in [0.2, 0.25) is 0 Å². The molecule has 0 saturated carbocycles. The smallest absolute Gasteiger partial charge is 0.340 e. The summed E-state index contributed by atoms with van der Waals surface area (Å²) in [6, 6.07) is 4.30. The molecule has 0 spiro atoms. The van der Waals surface area contributed by atoms with Crippen molar-refractivity contribution in [3.63, 3.8) is 0 Å². The van der Waals surface area contributed by atoms with Gasteiger partial charge in [0.15, 0.2) is 5.75 Å². The predicted octanol–water partition coefficient (Wildman–Crippen LogP) is 7.99. The van der Waals surface area contributed by atoms with Crippen molar-refractivity contribution in [3.8, 4) is 5.75 Å². The van der Waals surface area contributed by atoms with Gasteiger partial charge in [-0.1, -0.05) is 48.5 Å². The maximum Gasteiger partial charge on any atom is 0.340 e. The van der Waals surface area contributed by atoms with Crippen LogP contribution in [-0.4, -0.2) is 39.6 Å². The molecule has 0 aliphatic carbocycles. The molecule has 0 amide bonds. The van der Waals surface area contributed by atoms with Crippen molar-refractivity contribution in [1.82, 2.24) is 19.9 Å². The number of aromatic amines is 2. The first-order valence-corrected chi connectivity index (χ1v) is 15.9. The summed E-state index contributed by atoms with van der Waals surface area (Å²) in [5.41, 5.74) is 10.9. The average molecular weight is 636 g/mol. The van der Waals surface area contributed by atoms with Crippen LogP contribution in [0.3, 0.4) is 0 Å². The zero-order valence-corrected chi connectivity index (χ0v) is 28.0. The summed E-state index contributed by atoms with van der Waals surface area (Å²) in [5, 5.41) is 0. The van der Waals surface area contributed by atoms with E-state index in [0.29, 0.717) is 24.1 Å². The Morgan fingerprint density at radius 2 is 1.36 bits per heavy atom. The lowest BCUT2D eigenvalue weighted by atomic mass is 9.86. The molecular formula is C34H43BrN4O3. The monoisotopic (exact) mass is 634 g/mol. The van der Waals surface area contributed by atoms with E-state index in [4.69, 9.17) is 19.4 Å². The van der Waals surface area contributed by atoms with E-state index in [2.05, 4.69) is 86.5 Å². The van der Waals surface area contributed by atoms with Crippen LogP contribution < -0.4 is 4.74 Å². The van der Waals surface area contributed by atoms with Crippen LogP contribution in [0.4, 0.5) is 0 Å². The van der Waals surface area contributed by atoms with E-state index in [9.17, 15) is 4.79 Å². The van der Waals surface area contributed by atoms with Gasteiger partial charge in [-0.05, 0) is 70.9 Å². The number of methoxy groups -OCH3 is 1. The summed E-state index contributed by atoms with van der Waals surface area (Å²) in [6.07, 6.45) is 3.88. The van der Waals surface area contributed by atoms with Gasteiger partial charge in [0.2, 0.25) is 0 Å². The quantitative estimate of drug-likeness (QED) is 0.268. The third-order valence-electron chi connectivity index (χ3n) is 8.77. The number of carbonyl (C=O) groups is 1. The summed E-state index contributed by atoms with van der Waals surface area (Å²) in [6.45, 7) is 17.4. The Morgan fingerprint density at radius 1 is 0.833 bits per heavy atom. The molecule has 0 saturated heterocycles. The fourth-order valence-corrected chi connectivity index (χ4v) is 7.06. The highest BCUT2D eigenvalue weighted by Crippen LogP contribution is 2.41. The van der Waals surface area contributed by atoms with Gasteiger partial charge >= 0.3 is 5.97 Å². The van der Waals surface area contributed by atoms with Crippen molar-refractivity contribution in [3.05, 3.63) is 61.6 Å². The third-order valence-corrected chi connectivity index (χ3v) is 9.63. The second-order valence-electron chi connectivity index (χ2n) is 12.6. The molecule has 0 unspecified atom stereocenters. The number of carbonyl (C=O) groups excluding carboxylic acids is 1. The lowest BCUT2D eigenvalue weighted by Gasteiger charge is -2.16. The molecular weight excluding hydrogens is 592 g/mol. The molecule has 0 atom stereocenters. The first-order chi connectivity index (χ1) is 19.9. The lowest BCUT2D eigenvalue weighted by molar-refractivity contribution is 0.0527. The van der Waals surface area contributed by atoms with Gasteiger partial charge in [0.25, 0.3) is 0 Å². The van der Waals surface area contributed by atoms with Crippen LogP contribution in [0.1, 0.15) is 105 Å². The van der Waals surface area contributed by atoms with Gasteiger partial charge in [0.1, 0.15) is 0 Å².